The van der Waals surface area contributed by atoms with Crippen LogP contribution >= 0.6 is 0 Å². The van der Waals surface area contributed by atoms with Crippen molar-refractivity contribution in [2.75, 3.05) is 47.5 Å². The summed E-state index contributed by atoms with van der Waals surface area (Å²) in [5.74, 6) is -2.01. The van der Waals surface area contributed by atoms with Gasteiger partial charge in [0.05, 0.1) is 34.4 Å². The Labute approximate surface area is 294 Å². The number of esters is 2. The molecule has 0 aromatic heterocycles. The van der Waals surface area contributed by atoms with Crippen LogP contribution in [0.4, 0.5) is 0 Å². The van der Waals surface area contributed by atoms with Gasteiger partial charge in [0.25, 0.3) is 6.29 Å². The average Bonchev–Trinajstić information content (AvgIpc) is 3.03. The number of unbranched alkanes of at least 4 members (excludes halogenated alkanes) is 21. The van der Waals surface area contributed by atoms with Crippen molar-refractivity contribution in [3.05, 3.63) is 0 Å². The van der Waals surface area contributed by atoms with Crippen LogP contribution in [0.15, 0.2) is 0 Å². The summed E-state index contributed by atoms with van der Waals surface area (Å²) in [6.07, 6.45) is 26.1. The highest BCUT2D eigenvalue weighted by atomic mass is 16.7. The lowest BCUT2D eigenvalue weighted by Gasteiger charge is -2.25. The molecule has 0 aliphatic carbocycles. The summed E-state index contributed by atoms with van der Waals surface area (Å²) < 4.78 is 22.5. The second-order valence-electron chi connectivity index (χ2n) is 14.6. The van der Waals surface area contributed by atoms with Crippen molar-refractivity contribution in [2.45, 2.75) is 187 Å². The number of likely N-dealkylation sites (N-methyl/N-ethyl adjacent to an activating group) is 1. The van der Waals surface area contributed by atoms with Crippen LogP contribution in [0.5, 0.6) is 0 Å². The first-order valence-corrected chi connectivity index (χ1v) is 19.7. The molecule has 284 valence electrons. The number of carboxylic acid groups (broad SMARTS) is 1. The Morgan fingerprint density at radius 2 is 0.938 bits per heavy atom. The van der Waals surface area contributed by atoms with E-state index in [0.29, 0.717) is 17.4 Å². The lowest BCUT2D eigenvalue weighted by atomic mass is 10.0. The van der Waals surface area contributed by atoms with Crippen LogP contribution in [0.1, 0.15) is 174 Å². The Kier molecular flexibility index (Phi) is 31.3. The smallest absolute Gasteiger partial charge is 0.361 e. The predicted octanol–water partition coefficient (Wildman–Crippen LogP) is 9.38. The molecule has 0 fully saturated rings. The van der Waals surface area contributed by atoms with Crippen molar-refractivity contribution in [2.24, 2.45) is 0 Å². The number of carbonyl (C=O) groups excluding carboxylic acids is 2. The standard InChI is InChI=1S/C39H75NO8/c1-6-8-10-12-14-15-16-17-18-19-20-21-22-23-24-26-28-30-37(42)48-35(33-46-36(41)29-27-25-13-11-9-7-2)34-47-39(38(43)44)45-32-31-40(3,4)5/h35,39H,6-34H2,1-5H3/p+1. The highest BCUT2D eigenvalue weighted by Crippen LogP contribution is 2.15. The number of nitrogens with zero attached hydrogens (tertiary/aromatic N) is 1. The second-order valence-corrected chi connectivity index (χ2v) is 14.6. The molecule has 0 aromatic rings. The predicted molar refractivity (Wildman–Crippen MR) is 194 cm³/mol. The Morgan fingerprint density at radius 1 is 0.542 bits per heavy atom. The van der Waals surface area contributed by atoms with E-state index in [1.165, 1.54) is 109 Å². The van der Waals surface area contributed by atoms with Crippen LogP contribution in [0.3, 0.4) is 0 Å². The van der Waals surface area contributed by atoms with Gasteiger partial charge < -0.3 is 28.5 Å². The van der Waals surface area contributed by atoms with Crippen molar-refractivity contribution in [1.29, 1.82) is 0 Å². The third-order valence-electron chi connectivity index (χ3n) is 8.61. The minimum Gasteiger partial charge on any atom is -0.477 e. The van der Waals surface area contributed by atoms with Gasteiger partial charge in [-0.25, -0.2) is 4.79 Å². The maximum absolute atomic E-state index is 12.6. The monoisotopic (exact) mass is 687 g/mol. The highest BCUT2D eigenvalue weighted by Gasteiger charge is 2.25. The van der Waals surface area contributed by atoms with Gasteiger partial charge in [0.1, 0.15) is 13.2 Å². The first-order chi connectivity index (χ1) is 23.1. The molecule has 0 saturated heterocycles. The van der Waals surface area contributed by atoms with Gasteiger partial charge >= 0.3 is 17.9 Å². The molecule has 0 spiro atoms. The molecule has 48 heavy (non-hydrogen) atoms. The number of hydrogen-bond acceptors (Lipinski definition) is 7. The molecule has 0 aliphatic heterocycles. The summed E-state index contributed by atoms with van der Waals surface area (Å²) in [5, 5.41) is 9.56. The number of aliphatic carboxylic acids is 1. The van der Waals surface area contributed by atoms with Crippen LogP contribution in [0, 0.1) is 0 Å². The normalized spacial score (nSPS) is 12.9. The molecule has 1 N–H and O–H groups in total. The molecule has 0 aromatic carbocycles. The molecule has 0 bridgehead atoms. The van der Waals surface area contributed by atoms with Gasteiger partial charge in [-0.15, -0.1) is 0 Å². The van der Waals surface area contributed by atoms with Crippen molar-refractivity contribution >= 4 is 17.9 Å². The van der Waals surface area contributed by atoms with E-state index in [-0.39, 0.29) is 32.2 Å². The Hall–Kier alpha value is -1.71. The summed E-state index contributed by atoms with van der Waals surface area (Å²) in [6, 6.07) is 0. The molecular weight excluding hydrogens is 610 g/mol. The lowest BCUT2D eigenvalue weighted by Crippen LogP contribution is -2.40. The van der Waals surface area contributed by atoms with Crippen molar-refractivity contribution in [3.63, 3.8) is 0 Å². The SMILES string of the molecule is CCCCCCCCCCCCCCCCCCCC(=O)OC(COC(=O)CCCCCCCC)COC(OCC[N+](C)(C)C)C(=O)O. The summed E-state index contributed by atoms with van der Waals surface area (Å²) >= 11 is 0. The lowest BCUT2D eigenvalue weighted by molar-refractivity contribution is -0.870. The van der Waals surface area contributed by atoms with Crippen LogP contribution in [0.25, 0.3) is 0 Å². The van der Waals surface area contributed by atoms with E-state index in [1.54, 1.807) is 0 Å². The molecule has 2 atom stereocenters. The molecular formula is C39H76NO8+. The van der Waals surface area contributed by atoms with Gasteiger partial charge in [-0.1, -0.05) is 149 Å². The zero-order chi connectivity index (χ0) is 35.7. The van der Waals surface area contributed by atoms with E-state index >= 15 is 0 Å². The number of rotatable bonds is 36. The van der Waals surface area contributed by atoms with E-state index in [4.69, 9.17) is 18.9 Å². The minimum absolute atomic E-state index is 0.176. The van der Waals surface area contributed by atoms with E-state index in [0.717, 1.165) is 38.5 Å². The molecule has 9 nitrogen and oxygen atoms in total. The summed E-state index contributed by atoms with van der Waals surface area (Å²) in [6.45, 7) is 4.81. The molecule has 0 heterocycles. The Bertz CT molecular complexity index is 770. The van der Waals surface area contributed by atoms with E-state index < -0.39 is 24.3 Å². The van der Waals surface area contributed by atoms with Crippen LogP contribution in [0.2, 0.25) is 0 Å². The largest absolute Gasteiger partial charge is 0.477 e. The molecule has 0 rings (SSSR count). The van der Waals surface area contributed by atoms with Crippen LogP contribution < -0.4 is 0 Å². The fourth-order valence-electron chi connectivity index (χ4n) is 5.48. The van der Waals surface area contributed by atoms with E-state index in [1.807, 2.05) is 21.1 Å². The average molecular weight is 687 g/mol. The molecule has 0 radical (unpaired) electrons. The molecule has 0 amide bonds. The summed E-state index contributed by atoms with van der Waals surface area (Å²) in [7, 11) is 5.94. The first-order valence-electron chi connectivity index (χ1n) is 19.7. The third kappa shape index (κ3) is 32.8. The molecule has 0 aliphatic rings. The van der Waals surface area contributed by atoms with Gasteiger partial charge in [-0.05, 0) is 12.8 Å². The molecule has 0 saturated carbocycles. The van der Waals surface area contributed by atoms with Gasteiger partial charge in [-0.3, -0.25) is 9.59 Å². The Morgan fingerprint density at radius 3 is 1.33 bits per heavy atom. The van der Waals surface area contributed by atoms with Gasteiger partial charge in [0.15, 0.2) is 6.10 Å². The fourth-order valence-corrected chi connectivity index (χ4v) is 5.48. The fraction of sp³-hybridized carbons (Fsp3) is 0.923. The van der Waals surface area contributed by atoms with Crippen LogP contribution in [-0.4, -0.2) is 87.4 Å². The summed E-state index contributed by atoms with van der Waals surface area (Å²) in [5.41, 5.74) is 0. The van der Waals surface area contributed by atoms with Crippen molar-refractivity contribution < 1.29 is 42.9 Å². The Balaban J connectivity index is 4.35. The number of carboxylic acids is 1. The van der Waals surface area contributed by atoms with Gasteiger partial charge in [-0.2, -0.15) is 0 Å². The van der Waals surface area contributed by atoms with Gasteiger partial charge in [0.2, 0.25) is 0 Å². The zero-order valence-electron chi connectivity index (χ0n) is 31.9. The topological polar surface area (TPSA) is 108 Å². The number of quaternary nitrogens is 1. The maximum atomic E-state index is 12.6. The van der Waals surface area contributed by atoms with Gasteiger partial charge in [0, 0.05) is 12.8 Å². The summed E-state index contributed by atoms with van der Waals surface area (Å²) in [4.78, 5) is 36.7. The number of hydrogen-bond donors (Lipinski definition) is 1. The number of ether oxygens (including phenoxy) is 4. The van der Waals surface area contributed by atoms with E-state index in [9.17, 15) is 19.5 Å². The molecule has 9 heteroatoms. The third-order valence-corrected chi connectivity index (χ3v) is 8.61. The van der Waals surface area contributed by atoms with E-state index in [2.05, 4.69) is 13.8 Å². The zero-order valence-corrected chi connectivity index (χ0v) is 31.9. The number of carbonyl (C=O) groups is 3. The van der Waals surface area contributed by atoms with Crippen LogP contribution in [-0.2, 0) is 33.3 Å². The second kappa shape index (κ2) is 32.5. The quantitative estimate of drug-likeness (QED) is 0.0301. The van der Waals surface area contributed by atoms with Crippen molar-refractivity contribution in [3.8, 4) is 0 Å². The van der Waals surface area contributed by atoms with Crippen molar-refractivity contribution in [1.82, 2.24) is 0 Å². The maximum Gasteiger partial charge on any atom is 0.361 e. The highest BCUT2D eigenvalue weighted by molar-refractivity contribution is 5.71. The first kappa shape index (κ1) is 46.3. The molecule has 2 unspecified atom stereocenters. The minimum atomic E-state index is -1.50.